The van der Waals surface area contributed by atoms with Crippen LogP contribution in [0.1, 0.15) is 34.6 Å². The molecular formula is C26H33N5O4S3. The van der Waals surface area contributed by atoms with Crippen LogP contribution in [0.15, 0.2) is 53.6 Å². The van der Waals surface area contributed by atoms with Gasteiger partial charge in [0.15, 0.2) is 5.11 Å². The molecule has 38 heavy (non-hydrogen) atoms. The standard InChI is InChI=1S/C26H33N5O4S3/c1-15(2)22(14-32)31-38(34,35)24-12-20(29-17(5)33)10-11-21(24)23-13-27-25(37-23)18-6-8-19(9-7-18)30-26(36)28-16(3)4/h6-13,15-16,22,31-32H,14H2,1-5H3,(H,29,33)(H2,28,30,36). The first-order chi connectivity index (χ1) is 17.9. The molecule has 0 aliphatic heterocycles. The number of benzene rings is 2. The molecular weight excluding hydrogens is 543 g/mol. The Balaban J connectivity index is 1.94. The van der Waals surface area contributed by atoms with Crippen LogP contribution in [-0.2, 0) is 14.8 Å². The summed E-state index contributed by atoms with van der Waals surface area (Å²) < 4.78 is 29.5. The maximum absolute atomic E-state index is 13.4. The van der Waals surface area contributed by atoms with E-state index in [2.05, 4.69) is 25.7 Å². The molecule has 2 aromatic carbocycles. The Kier molecular flexibility index (Phi) is 9.96. The van der Waals surface area contributed by atoms with Crippen LogP contribution in [0.5, 0.6) is 0 Å². The number of hydrogen-bond acceptors (Lipinski definition) is 7. The topological polar surface area (TPSA) is 132 Å². The molecule has 3 aromatic rings. The summed E-state index contributed by atoms with van der Waals surface area (Å²) in [6, 6.07) is 11.9. The molecule has 204 valence electrons. The van der Waals surface area contributed by atoms with Gasteiger partial charge < -0.3 is 21.1 Å². The summed E-state index contributed by atoms with van der Waals surface area (Å²) in [5.74, 6) is -0.442. The number of nitrogens with one attached hydrogen (secondary N) is 4. The second-order valence-corrected chi connectivity index (χ2v) is 12.5. The monoisotopic (exact) mass is 575 g/mol. The average Bonchev–Trinajstić information content (AvgIpc) is 3.32. The van der Waals surface area contributed by atoms with Crippen molar-refractivity contribution in [2.45, 2.75) is 51.6 Å². The molecule has 1 aromatic heterocycles. The number of aliphatic hydroxyl groups is 1. The fourth-order valence-electron chi connectivity index (χ4n) is 3.53. The van der Waals surface area contributed by atoms with Crippen molar-refractivity contribution in [1.29, 1.82) is 0 Å². The van der Waals surface area contributed by atoms with Crippen molar-refractivity contribution < 1.29 is 18.3 Å². The third kappa shape index (κ3) is 7.81. The molecule has 0 radical (unpaired) electrons. The molecule has 1 heterocycles. The van der Waals surface area contributed by atoms with Crippen molar-refractivity contribution in [2.75, 3.05) is 17.2 Å². The first-order valence-corrected chi connectivity index (χ1v) is 14.8. The fraction of sp³-hybridized carbons (Fsp3) is 0.346. The summed E-state index contributed by atoms with van der Waals surface area (Å²) in [5, 5.41) is 19.8. The normalized spacial score (nSPS) is 12.4. The Morgan fingerprint density at radius 1 is 1.05 bits per heavy atom. The minimum atomic E-state index is -4.04. The number of anilines is 2. The smallest absolute Gasteiger partial charge is 0.241 e. The highest BCUT2D eigenvalue weighted by atomic mass is 32.2. The summed E-state index contributed by atoms with van der Waals surface area (Å²) in [6.07, 6.45) is 1.63. The number of aliphatic hydroxyl groups excluding tert-OH is 1. The number of thiocarbonyl (C=S) groups is 1. The third-order valence-corrected chi connectivity index (χ3v) is 8.31. The van der Waals surface area contributed by atoms with Gasteiger partial charge in [-0.3, -0.25) is 4.79 Å². The van der Waals surface area contributed by atoms with E-state index < -0.39 is 16.1 Å². The van der Waals surface area contributed by atoms with E-state index in [4.69, 9.17) is 12.2 Å². The Morgan fingerprint density at radius 2 is 1.71 bits per heavy atom. The second kappa shape index (κ2) is 12.8. The number of aromatic nitrogens is 1. The summed E-state index contributed by atoms with van der Waals surface area (Å²) in [7, 11) is -4.04. The van der Waals surface area contributed by atoms with Crippen LogP contribution in [0.25, 0.3) is 21.0 Å². The highest BCUT2D eigenvalue weighted by molar-refractivity contribution is 7.89. The van der Waals surface area contributed by atoms with Crippen LogP contribution in [0.2, 0.25) is 0 Å². The van der Waals surface area contributed by atoms with Crippen molar-refractivity contribution in [1.82, 2.24) is 15.0 Å². The van der Waals surface area contributed by atoms with E-state index in [0.29, 0.717) is 26.2 Å². The van der Waals surface area contributed by atoms with Gasteiger partial charge in [0.2, 0.25) is 15.9 Å². The number of amides is 1. The number of nitrogens with zero attached hydrogens (tertiary/aromatic N) is 1. The molecule has 12 heteroatoms. The van der Waals surface area contributed by atoms with Crippen molar-refractivity contribution >= 4 is 56.0 Å². The Bertz CT molecular complexity index is 1390. The zero-order chi connectivity index (χ0) is 28.0. The van der Waals surface area contributed by atoms with Crippen LogP contribution < -0.4 is 20.7 Å². The first kappa shape index (κ1) is 29.7. The van der Waals surface area contributed by atoms with Crippen LogP contribution in [0, 0.1) is 5.92 Å². The summed E-state index contributed by atoms with van der Waals surface area (Å²) >= 11 is 6.64. The molecule has 0 spiro atoms. The molecule has 3 rings (SSSR count). The van der Waals surface area contributed by atoms with Gasteiger partial charge in [-0.25, -0.2) is 18.1 Å². The van der Waals surface area contributed by atoms with E-state index in [1.165, 1.54) is 24.3 Å². The Morgan fingerprint density at radius 3 is 2.29 bits per heavy atom. The van der Waals surface area contributed by atoms with E-state index in [9.17, 15) is 18.3 Å². The van der Waals surface area contributed by atoms with Crippen LogP contribution in [-0.4, -0.2) is 48.2 Å². The molecule has 0 bridgehead atoms. The number of carbonyl (C=O) groups excluding carboxylic acids is 1. The highest BCUT2D eigenvalue weighted by Crippen LogP contribution is 2.37. The lowest BCUT2D eigenvalue weighted by Gasteiger charge is -2.21. The molecule has 0 fully saturated rings. The molecule has 1 atom stereocenters. The minimum absolute atomic E-state index is 0.0104. The van der Waals surface area contributed by atoms with Gasteiger partial charge in [0.25, 0.3) is 0 Å². The van der Waals surface area contributed by atoms with E-state index in [1.54, 1.807) is 18.3 Å². The lowest BCUT2D eigenvalue weighted by Crippen LogP contribution is -2.41. The first-order valence-electron chi connectivity index (χ1n) is 12.1. The van der Waals surface area contributed by atoms with Crippen LogP contribution in [0.4, 0.5) is 11.4 Å². The molecule has 1 unspecified atom stereocenters. The van der Waals surface area contributed by atoms with Crippen molar-refractivity contribution in [3.8, 4) is 21.0 Å². The van der Waals surface area contributed by atoms with E-state index in [0.717, 1.165) is 11.3 Å². The molecule has 9 nitrogen and oxygen atoms in total. The van der Waals surface area contributed by atoms with Gasteiger partial charge in [-0.05, 0) is 68.4 Å². The fourth-order valence-corrected chi connectivity index (χ4v) is 6.53. The maximum Gasteiger partial charge on any atom is 0.241 e. The minimum Gasteiger partial charge on any atom is -0.395 e. The lowest BCUT2D eigenvalue weighted by atomic mass is 10.1. The SMILES string of the molecule is CC(=O)Nc1ccc(-c2cnc(-c3ccc(NC(=S)NC(C)C)cc3)s2)c(S(=O)(=O)NC(CO)C(C)C)c1. The second-order valence-electron chi connectivity index (χ2n) is 9.41. The largest absolute Gasteiger partial charge is 0.395 e. The number of hydrogen-bond donors (Lipinski definition) is 5. The summed E-state index contributed by atoms with van der Waals surface area (Å²) in [4.78, 5) is 16.8. The zero-order valence-corrected chi connectivity index (χ0v) is 24.4. The van der Waals surface area contributed by atoms with Crippen LogP contribution in [0.3, 0.4) is 0 Å². The highest BCUT2D eigenvalue weighted by Gasteiger charge is 2.26. The zero-order valence-electron chi connectivity index (χ0n) is 21.9. The maximum atomic E-state index is 13.4. The number of rotatable bonds is 10. The predicted octanol–water partition coefficient (Wildman–Crippen LogP) is 4.43. The van der Waals surface area contributed by atoms with Crippen molar-refractivity contribution in [3.63, 3.8) is 0 Å². The molecule has 5 N–H and O–H groups in total. The molecule has 0 aliphatic rings. The predicted molar refractivity (Wildman–Crippen MR) is 158 cm³/mol. The van der Waals surface area contributed by atoms with Gasteiger partial charge in [0.05, 0.1) is 16.4 Å². The number of sulfonamides is 1. The molecule has 1 amide bonds. The van der Waals surface area contributed by atoms with Crippen molar-refractivity contribution in [3.05, 3.63) is 48.7 Å². The van der Waals surface area contributed by atoms with Crippen LogP contribution >= 0.6 is 23.6 Å². The Hall–Kier alpha value is -2.90. The van der Waals surface area contributed by atoms with Gasteiger partial charge >= 0.3 is 0 Å². The van der Waals surface area contributed by atoms with Gasteiger partial charge in [-0.1, -0.05) is 19.9 Å². The third-order valence-electron chi connectivity index (χ3n) is 5.48. The Labute approximate surface area is 233 Å². The number of carbonyl (C=O) groups is 1. The quantitative estimate of drug-likeness (QED) is 0.224. The van der Waals surface area contributed by atoms with Crippen molar-refractivity contribution in [2.24, 2.45) is 5.92 Å². The van der Waals surface area contributed by atoms with Gasteiger partial charge in [0, 0.05) is 47.7 Å². The van der Waals surface area contributed by atoms with E-state index in [1.807, 2.05) is 52.0 Å². The van der Waals surface area contributed by atoms with E-state index in [-0.39, 0.29) is 29.4 Å². The van der Waals surface area contributed by atoms with Gasteiger partial charge in [-0.2, -0.15) is 0 Å². The molecule has 0 aliphatic carbocycles. The summed E-state index contributed by atoms with van der Waals surface area (Å²) in [6.45, 7) is 8.67. The average molecular weight is 576 g/mol. The van der Waals surface area contributed by atoms with Gasteiger partial charge in [0.1, 0.15) is 5.01 Å². The van der Waals surface area contributed by atoms with Gasteiger partial charge in [-0.15, -0.1) is 11.3 Å². The number of thiazole rings is 1. The van der Waals surface area contributed by atoms with E-state index >= 15 is 0 Å². The molecule has 0 saturated carbocycles. The molecule has 0 saturated heterocycles. The summed E-state index contributed by atoms with van der Waals surface area (Å²) in [5.41, 5.74) is 2.50. The lowest BCUT2D eigenvalue weighted by molar-refractivity contribution is -0.114.